The lowest BCUT2D eigenvalue weighted by Gasteiger charge is -2.21. The minimum atomic E-state index is -4.96. The Morgan fingerprint density at radius 1 is 0.258 bits per heavy atom. The Morgan fingerprint density at radius 2 is 0.433 bits per heavy atom. The van der Waals surface area contributed by atoms with Gasteiger partial charge in [-0.15, -0.1) is 0 Å². The highest BCUT2D eigenvalue weighted by atomic mass is 31.2. The first-order chi connectivity index (χ1) is 46.6. The molecule has 0 radical (unpaired) electrons. The summed E-state index contributed by atoms with van der Waals surface area (Å²) in [5, 5.41) is 10.6. The van der Waals surface area contributed by atoms with E-state index in [1.165, 1.54) is 199 Å². The lowest BCUT2D eigenvalue weighted by molar-refractivity contribution is -0.161. The minimum Gasteiger partial charge on any atom is -0.462 e. The van der Waals surface area contributed by atoms with Crippen molar-refractivity contribution in [3.63, 3.8) is 0 Å². The summed E-state index contributed by atoms with van der Waals surface area (Å²) in [6, 6.07) is 0. The molecule has 0 aliphatic carbocycles. The maximum atomic E-state index is 13.1. The Balaban J connectivity index is 5.20. The highest BCUT2D eigenvalue weighted by molar-refractivity contribution is 7.47. The molecule has 0 bridgehead atoms. The van der Waals surface area contributed by atoms with E-state index in [2.05, 4.69) is 55.4 Å². The fourth-order valence-corrected chi connectivity index (χ4v) is 13.5. The molecule has 576 valence electrons. The molecule has 0 spiro atoms. The molecule has 19 heteroatoms. The Morgan fingerprint density at radius 3 is 0.639 bits per heavy atom. The molecule has 0 aromatic carbocycles. The minimum absolute atomic E-state index is 0.105. The Bertz CT molecular complexity index is 1900. The molecule has 0 amide bonds. The van der Waals surface area contributed by atoms with Gasteiger partial charge in [0.05, 0.1) is 26.4 Å². The molecule has 3 N–H and O–H groups in total. The van der Waals surface area contributed by atoms with E-state index < -0.39 is 97.5 Å². The molecule has 0 aliphatic heterocycles. The number of hydrogen-bond donors (Lipinski definition) is 3. The summed E-state index contributed by atoms with van der Waals surface area (Å²) in [5.74, 6) is 0.918. The second kappa shape index (κ2) is 67.2. The molecule has 0 saturated heterocycles. The molecule has 0 fully saturated rings. The third-order valence-corrected chi connectivity index (χ3v) is 20.0. The zero-order valence-electron chi connectivity index (χ0n) is 63.7. The normalized spacial score (nSPS) is 14.1. The standard InChI is InChI=1S/C78H152O17P2/c1-68(2)54-46-38-30-22-18-15-13-11-9-10-12-14-16-20-24-36-44-52-60-77(82)94-73(64-88-75(80)58-50-42-34-28-26-32-40-48-56-70(5)6)66-92-96(84,85)90-62-72(79)63-91-97(86,87)93-67-74(65-89-76(81)59-51-43-35-29-27-33-41-49-57-71(7)8)95-78(83)61-53-45-37-25-21-17-19-23-31-39-47-55-69(3)4/h68-74,79H,9-67H2,1-8H3,(H,84,85)(H,86,87)/t72?,73-,74-/m1/s1. The second-order valence-electron chi connectivity index (χ2n) is 30.0. The van der Waals surface area contributed by atoms with Crippen molar-refractivity contribution in [2.75, 3.05) is 39.6 Å². The van der Waals surface area contributed by atoms with Crippen LogP contribution >= 0.6 is 15.6 Å². The average Bonchev–Trinajstić information content (AvgIpc) is 2.91. The van der Waals surface area contributed by atoms with Gasteiger partial charge in [-0.1, -0.05) is 344 Å². The van der Waals surface area contributed by atoms with Crippen LogP contribution in [0.15, 0.2) is 0 Å². The number of aliphatic hydroxyl groups is 1. The zero-order valence-corrected chi connectivity index (χ0v) is 65.5. The fourth-order valence-electron chi connectivity index (χ4n) is 11.9. The Labute approximate surface area is 594 Å². The molecule has 5 atom stereocenters. The first-order valence-electron chi connectivity index (χ1n) is 40.2. The monoisotopic (exact) mass is 1420 g/mol. The molecule has 0 aliphatic rings. The van der Waals surface area contributed by atoms with E-state index in [1.807, 2.05) is 0 Å². The fraction of sp³-hybridized carbons (Fsp3) is 0.949. The molecular formula is C78H152O17P2. The lowest BCUT2D eigenvalue weighted by Crippen LogP contribution is -2.30. The average molecular weight is 1420 g/mol. The van der Waals surface area contributed by atoms with E-state index in [-0.39, 0.29) is 25.7 Å². The van der Waals surface area contributed by atoms with Crippen molar-refractivity contribution in [2.24, 2.45) is 23.7 Å². The Kier molecular flexibility index (Phi) is 65.9. The maximum absolute atomic E-state index is 13.1. The lowest BCUT2D eigenvalue weighted by atomic mass is 10.0. The van der Waals surface area contributed by atoms with E-state index in [9.17, 15) is 43.2 Å². The number of phosphoric ester groups is 2. The molecule has 0 aromatic rings. The van der Waals surface area contributed by atoms with Gasteiger partial charge in [0, 0.05) is 25.7 Å². The van der Waals surface area contributed by atoms with Crippen LogP contribution in [0.25, 0.3) is 0 Å². The quantitative estimate of drug-likeness (QED) is 0.0222. The van der Waals surface area contributed by atoms with Gasteiger partial charge >= 0.3 is 39.5 Å². The van der Waals surface area contributed by atoms with Crippen LogP contribution in [0.4, 0.5) is 0 Å². The van der Waals surface area contributed by atoms with Crippen molar-refractivity contribution in [1.82, 2.24) is 0 Å². The maximum Gasteiger partial charge on any atom is 0.472 e. The van der Waals surface area contributed by atoms with E-state index in [0.29, 0.717) is 25.7 Å². The zero-order chi connectivity index (χ0) is 71.7. The molecule has 0 saturated carbocycles. The van der Waals surface area contributed by atoms with Gasteiger partial charge in [0.15, 0.2) is 12.2 Å². The van der Waals surface area contributed by atoms with Crippen LogP contribution in [-0.4, -0.2) is 96.7 Å². The largest absolute Gasteiger partial charge is 0.472 e. The van der Waals surface area contributed by atoms with Crippen LogP contribution in [0.1, 0.15) is 396 Å². The van der Waals surface area contributed by atoms with Gasteiger partial charge in [0.1, 0.15) is 19.3 Å². The number of phosphoric acid groups is 2. The van der Waals surface area contributed by atoms with Gasteiger partial charge in [0.2, 0.25) is 0 Å². The van der Waals surface area contributed by atoms with Crippen LogP contribution in [-0.2, 0) is 65.4 Å². The van der Waals surface area contributed by atoms with Crippen LogP contribution in [0, 0.1) is 23.7 Å². The first-order valence-corrected chi connectivity index (χ1v) is 43.2. The molecule has 97 heavy (non-hydrogen) atoms. The topological polar surface area (TPSA) is 237 Å². The number of rotatable bonds is 75. The predicted octanol–water partition coefficient (Wildman–Crippen LogP) is 22.8. The van der Waals surface area contributed by atoms with Crippen molar-refractivity contribution in [2.45, 2.75) is 414 Å². The van der Waals surface area contributed by atoms with Crippen LogP contribution in [0.3, 0.4) is 0 Å². The number of esters is 4. The molecule has 3 unspecified atom stereocenters. The summed E-state index contributed by atoms with van der Waals surface area (Å²) >= 11 is 0. The summed E-state index contributed by atoms with van der Waals surface area (Å²) in [4.78, 5) is 72.9. The van der Waals surface area contributed by atoms with Gasteiger partial charge in [0.25, 0.3) is 0 Å². The molecule has 17 nitrogen and oxygen atoms in total. The predicted molar refractivity (Wildman–Crippen MR) is 395 cm³/mol. The summed E-state index contributed by atoms with van der Waals surface area (Å²) < 4.78 is 68.6. The van der Waals surface area contributed by atoms with E-state index in [0.717, 1.165) is 114 Å². The number of unbranched alkanes of at least 4 members (excludes halogenated alkanes) is 41. The van der Waals surface area contributed by atoms with Crippen molar-refractivity contribution >= 4 is 39.5 Å². The van der Waals surface area contributed by atoms with Gasteiger partial charge in [-0.2, -0.15) is 0 Å². The summed E-state index contributed by atoms with van der Waals surface area (Å²) in [7, 11) is -9.92. The van der Waals surface area contributed by atoms with Gasteiger partial charge in [-0.25, -0.2) is 9.13 Å². The third kappa shape index (κ3) is 72.2. The second-order valence-corrected chi connectivity index (χ2v) is 32.9. The molecular weight excluding hydrogens is 1270 g/mol. The van der Waals surface area contributed by atoms with E-state index in [1.54, 1.807) is 0 Å². The highest BCUT2D eigenvalue weighted by Gasteiger charge is 2.30. The van der Waals surface area contributed by atoms with Crippen molar-refractivity contribution in [3.8, 4) is 0 Å². The number of aliphatic hydroxyl groups excluding tert-OH is 1. The summed E-state index contributed by atoms with van der Waals surface area (Å²) in [6.07, 6.45) is 52.9. The summed E-state index contributed by atoms with van der Waals surface area (Å²) in [6.45, 7) is 14.2. The van der Waals surface area contributed by atoms with Crippen molar-refractivity contribution in [1.29, 1.82) is 0 Å². The van der Waals surface area contributed by atoms with Gasteiger partial charge in [-0.05, 0) is 49.4 Å². The van der Waals surface area contributed by atoms with Crippen LogP contribution < -0.4 is 0 Å². The SMILES string of the molecule is CC(C)CCCCCCCCCCCCCCCCCCCCC(=O)O[C@H](COC(=O)CCCCCCCCCCC(C)C)COP(=O)(O)OCC(O)COP(=O)(O)OC[C@@H](COC(=O)CCCCCCCCCCC(C)C)OC(=O)CCCCCCCCCCCCCC(C)C. The molecule has 0 heterocycles. The number of carbonyl (C=O) groups excluding carboxylic acids is 4. The smallest absolute Gasteiger partial charge is 0.462 e. The number of hydrogen-bond acceptors (Lipinski definition) is 15. The van der Waals surface area contributed by atoms with Crippen molar-refractivity contribution in [3.05, 3.63) is 0 Å². The summed E-state index contributed by atoms with van der Waals surface area (Å²) in [5.41, 5.74) is 0. The van der Waals surface area contributed by atoms with Crippen LogP contribution in [0.5, 0.6) is 0 Å². The molecule has 0 aromatic heterocycles. The van der Waals surface area contributed by atoms with E-state index >= 15 is 0 Å². The van der Waals surface area contributed by atoms with Crippen LogP contribution in [0.2, 0.25) is 0 Å². The highest BCUT2D eigenvalue weighted by Crippen LogP contribution is 2.45. The third-order valence-electron chi connectivity index (χ3n) is 18.1. The molecule has 0 rings (SSSR count). The van der Waals surface area contributed by atoms with E-state index in [4.69, 9.17) is 37.0 Å². The number of ether oxygens (including phenoxy) is 4. The Hall–Kier alpha value is -1.94. The van der Waals surface area contributed by atoms with Crippen molar-refractivity contribution < 1.29 is 80.2 Å². The van der Waals surface area contributed by atoms with Gasteiger partial charge < -0.3 is 33.8 Å². The first kappa shape index (κ1) is 95.1. The number of carbonyl (C=O) groups is 4. The van der Waals surface area contributed by atoms with Gasteiger partial charge in [-0.3, -0.25) is 37.3 Å².